The predicted molar refractivity (Wildman–Crippen MR) is 84.3 cm³/mol. The second kappa shape index (κ2) is 6.26. The molecule has 3 rings (SSSR count). The van der Waals surface area contributed by atoms with Gasteiger partial charge in [-0.2, -0.15) is 0 Å². The minimum Gasteiger partial charge on any atom is -0.379 e. The lowest BCUT2D eigenvalue weighted by atomic mass is 9.87. The molecule has 1 saturated heterocycles. The summed E-state index contributed by atoms with van der Waals surface area (Å²) >= 11 is 5.15. The highest BCUT2D eigenvalue weighted by Gasteiger charge is 2.45. The number of Topliss-reactive ketones (excluding diaryl/α,β-unsaturated/α-hetero) is 1. The molecule has 0 aromatic carbocycles. The first kappa shape index (κ1) is 14.7. The summed E-state index contributed by atoms with van der Waals surface area (Å²) in [6.45, 7) is 3.33. The van der Waals surface area contributed by atoms with Gasteiger partial charge in [0.2, 0.25) is 0 Å². The maximum atomic E-state index is 13.0. The van der Waals surface area contributed by atoms with Gasteiger partial charge in [-0.05, 0) is 40.9 Å². The summed E-state index contributed by atoms with van der Waals surface area (Å²) in [5.74, 6) is 0.409. The highest BCUT2D eigenvalue weighted by atomic mass is 79.9. The first-order valence-electron chi connectivity index (χ1n) is 7.31. The van der Waals surface area contributed by atoms with E-state index in [0.717, 1.165) is 42.9 Å². The molecule has 1 saturated carbocycles. The number of carbonyl (C=O) groups excluding carboxylic acids is 1. The molecule has 2 fully saturated rings. The van der Waals surface area contributed by atoms with Gasteiger partial charge in [0.25, 0.3) is 0 Å². The van der Waals surface area contributed by atoms with Crippen LogP contribution < -0.4 is 0 Å². The van der Waals surface area contributed by atoms with Crippen LogP contribution in [0.25, 0.3) is 0 Å². The molecule has 3 nitrogen and oxygen atoms in total. The van der Waals surface area contributed by atoms with Crippen molar-refractivity contribution in [2.45, 2.75) is 37.6 Å². The molecule has 0 unspecified atom stereocenters. The third-order valence-corrected chi connectivity index (χ3v) is 6.15. The Morgan fingerprint density at radius 1 is 1.30 bits per heavy atom. The van der Waals surface area contributed by atoms with Crippen molar-refractivity contribution in [1.29, 1.82) is 0 Å². The van der Waals surface area contributed by atoms with Crippen LogP contribution in [0.15, 0.2) is 15.9 Å². The van der Waals surface area contributed by atoms with E-state index >= 15 is 0 Å². The molecule has 1 aromatic heterocycles. The lowest BCUT2D eigenvalue weighted by molar-refractivity contribution is -0.133. The normalized spacial score (nSPS) is 23.1. The average molecular weight is 358 g/mol. The van der Waals surface area contributed by atoms with Crippen molar-refractivity contribution in [1.82, 2.24) is 4.90 Å². The molecule has 20 heavy (non-hydrogen) atoms. The standard InChI is InChI=1S/C15H20BrNO2S/c16-14-4-3-12(20-14)11-13(18)15(5-1-2-6-15)17-7-9-19-10-8-17/h3-4H,1-2,5-11H2. The quantitative estimate of drug-likeness (QED) is 0.828. The van der Waals surface area contributed by atoms with Gasteiger partial charge in [0.1, 0.15) is 0 Å². The Kier molecular flexibility index (Phi) is 4.60. The number of hydrogen-bond acceptors (Lipinski definition) is 4. The van der Waals surface area contributed by atoms with Gasteiger partial charge in [0.15, 0.2) is 5.78 Å². The number of hydrogen-bond donors (Lipinski definition) is 0. The number of rotatable bonds is 4. The number of thiophene rings is 1. The zero-order valence-electron chi connectivity index (χ0n) is 11.6. The van der Waals surface area contributed by atoms with Gasteiger partial charge >= 0.3 is 0 Å². The molecule has 0 N–H and O–H groups in total. The number of morpholine rings is 1. The predicted octanol–water partition coefficient (Wildman–Crippen LogP) is 3.27. The average Bonchev–Trinajstić information content (AvgIpc) is 3.10. The van der Waals surface area contributed by atoms with Crippen molar-refractivity contribution in [3.8, 4) is 0 Å². The Hall–Kier alpha value is -0.230. The third kappa shape index (κ3) is 2.86. The topological polar surface area (TPSA) is 29.5 Å². The highest BCUT2D eigenvalue weighted by Crippen LogP contribution is 2.38. The largest absolute Gasteiger partial charge is 0.379 e. The summed E-state index contributed by atoms with van der Waals surface area (Å²) in [6, 6.07) is 4.10. The molecular weight excluding hydrogens is 338 g/mol. The zero-order chi connectivity index (χ0) is 14.0. The summed E-state index contributed by atoms with van der Waals surface area (Å²) in [7, 11) is 0. The first-order valence-corrected chi connectivity index (χ1v) is 8.92. The van der Waals surface area contributed by atoms with Crippen LogP contribution in [0.3, 0.4) is 0 Å². The molecule has 0 bridgehead atoms. The second-order valence-corrected chi connectivity index (χ2v) is 8.19. The number of ether oxygens (including phenoxy) is 1. The van der Waals surface area contributed by atoms with Crippen LogP contribution >= 0.6 is 27.3 Å². The van der Waals surface area contributed by atoms with E-state index in [0.29, 0.717) is 12.2 Å². The van der Waals surface area contributed by atoms with Crippen molar-refractivity contribution >= 4 is 33.0 Å². The van der Waals surface area contributed by atoms with Crippen LogP contribution in [0.4, 0.5) is 0 Å². The Morgan fingerprint density at radius 2 is 2.00 bits per heavy atom. The van der Waals surface area contributed by atoms with E-state index in [-0.39, 0.29) is 5.54 Å². The van der Waals surface area contributed by atoms with Crippen LogP contribution in [-0.4, -0.2) is 42.5 Å². The maximum Gasteiger partial charge on any atom is 0.158 e. The van der Waals surface area contributed by atoms with Gasteiger partial charge in [-0.3, -0.25) is 9.69 Å². The summed E-state index contributed by atoms with van der Waals surface area (Å²) in [5.41, 5.74) is -0.208. The van der Waals surface area contributed by atoms with Crippen LogP contribution in [0.5, 0.6) is 0 Å². The lowest BCUT2D eigenvalue weighted by Gasteiger charge is -2.42. The summed E-state index contributed by atoms with van der Waals surface area (Å²) < 4.78 is 6.55. The third-order valence-electron chi connectivity index (χ3n) is 4.53. The number of nitrogens with zero attached hydrogens (tertiary/aromatic N) is 1. The molecule has 0 atom stereocenters. The van der Waals surface area contributed by atoms with Gasteiger partial charge in [0, 0.05) is 24.4 Å². The Balaban J connectivity index is 1.76. The van der Waals surface area contributed by atoms with Gasteiger partial charge in [-0.25, -0.2) is 0 Å². The lowest BCUT2D eigenvalue weighted by Crippen LogP contribution is -2.57. The van der Waals surface area contributed by atoms with Crippen molar-refractivity contribution < 1.29 is 9.53 Å². The Morgan fingerprint density at radius 3 is 2.60 bits per heavy atom. The van der Waals surface area contributed by atoms with E-state index in [1.807, 2.05) is 6.07 Å². The molecule has 2 heterocycles. The SMILES string of the molecule is O=C(Cc1ccc(Br)s1)C1(N2CCOCC2)CCCC1. The van der Waals surface area contributed by atoms with E-state index < -0.39 is 0 Å². The van der Waals surface area contributed by atoms with Gasteiger partial charge in [0.05, 0.1) is 22.5 Å². The van der Waals surface area contributed by atoms with Crippen molar-refractivity contribution in [3.63, 3.8) is 0 Å². The van der Waals surface area contributed by atoms with Gasteiger partial charge in [-0.15, -0.1) is 11.3 Å². The van der Waals surface area contributed by atoms with Crippen molar-refractivity contribution in [3.05, 3.63) is 20.8 Å². The monoisotopic (exact) mass is 357 g/mol. The van der Waals surface area contributed by atoms with Gasteiger partial charge in [-0.1, -0.05) is 12.8 Å². The van der Waals surface area contributed by atoms with Gasteiger partial charge < -0.3 is 4.74 Å². The molecule has 110 valence electrons. The molecule has 2 aliphatic rings. The maximum absolute atomic E-state index is 13.0. The number of ketones is 1. The van der Waals surface area contributed by atoms with Crippen molar-refractivity contribution in [2.75, 3.05) is 26.3 Å². The van der Waals surface area contributed by atoms with E-state index in [1.54, 1.807) is 11.3 Å². The molecule has 5 heteroatoms. The molecule has 1 aliphatic heterocycles. The van der Waals surface area contributed by atoms with Crippen LogP contribution in [0.2, 0.25) is 0 Å². The minimum atomic E-state index is -0.208. The van der Waals surface area contributed by atoms with E-state index in [2.05, 4.69) is 26.9 Å². The van der Waals surface area contributed by atoms with Crippen LogP contribution in [0, 0.1) is 0 Å². The van der Waals surface area contributed by atoms with E-state index in [4.69, 9.17) is 4.74 Å². The summed E-state index contributed by atoms with van der Waals surface area (Å²) in [5, 5.41) is 0. The van der Waals surface area contributed by atoms with E-state index in [1.165, 1.54) is 17.7 Å². The Bertz CT molecular complexity index is 476. The smallest absolute Gasteiger partial charge is 0.158 e. The van der Waals surface area contributed by atoms with Crippen LogP contribution in [0.1, 0.15) is 30.6 Å². The molecule has 0 radical (unpaired) electrons. The fourth-order valence-corrected chi connectivity index (χ4v) is 4.97. The molecule has 0 amide bonds. The molecule has 0 spiro atoms. The van der Waals surface area contributed by atoms with Crippen LogP contribution in [-0.2, 0) is 16.0 Å². The number of halogens is 1. The molecular formula is C15H20BrNO2S. The second-order valence-electron chi connectivity index (χ2n) is 5.64. The molecule has 1 aliphatic carbocycles. The zero-order valence-corrected chi connectivity index (χ0v) is 14.0. The summed E-state index contributed by atoms with van der Waals surface area (Å²) in [6.07, 6.45) is 4.98. The first-order chi connectivity index (χ1) is 9.71. The van der Waals surface area contributed by atoms with E-state index in [9.17, 15) is 4.79 Å². The summed E-state index contributed by atoms with van der Waals surface area (Å²) in [4.78, 5) is 16.5. The molecule has 1 aromatic rings. The fourth-order valence-electron chi connectivity index (χ4n) is 3.49. The Labute approximate surface area is 132 Å². The minimum absolute atomic E-state index is 0.208. The number of carbonyl (C=O) groups is 1. The fraction of sp³-hybridized carbons (Fsp3) is 0.667. The van der Waals surface area contributed by atoms with Crippen molar-refractivity contribution in [2.24, 2.45) is 0 Å². The highest BCUT2D eigenvalue weighted by molar-refractivity contribution is 9.11.